The first-order valence-electron chi connectivity index (χ1n) is 8.15. The molecular weight excluding hydrogens is 308 g/mol. The van der Waals surface area contributed by atoms with Crippen molar-refractivity contribution in [3.05, 3.63) is 40.8 Å². The van der Waals surface area contributed by atoms with Crippen molar-refractivity contribution in [3.8, 4) is 0 Å². The predicted molar refractivity (Wildman–Crippen MR) is 92.9 cm³/mol. The first-order valence-corrected chi connectivity index (χ1v) is 8.15. The van der Waals surface area contributed by atoms with Crippen LogP contribution in [0, 0.1) is 0 Å². The zero-order valence-corrected chi connectivity index (χ0v) is 13.9. The summed E-state index contributed by atoms with van der Waals surface area (Å²) >= 11 is 0. The van der Waals surface area contributed by atoms with Crippen LogP contribution >= 0.6 is 0 Å². The van der Waals surface area contributed by atoms with E-state index in [0.717, 1.165) is 25.7 Å². The van der Waals surface area contributed by atoms with E-state index in [1.807, 2.05) is 6.92 Å². The standard InChI is InChI=1S/C18H22N2O4/c1-3-4-5-6-12(2)19-17(22)18(23)20-14-8-9-15-13(11-14)7-10-16(21)24-15/h7-12H,3-6H2,1-2H3,(H,19,22)(H,20,23)/t12-/m1/s1. The number of hydrogen-bond acceptors (Lipinski definition) is 4. The maximum absolute atomic E-state index is 12.0. The molecule has 0 fully saturated rings. The van der Waals surface area contributed by atoms with Gasteiger partial charge in [-0.15, -0.1) is 0 Å². The van der Waals surface area contributed by atoms with Gasteiger partial charge in [-0.25, -0.2) is 4.79 Å². The highest BCUT2D eigenvalue weighted by Gasteiger charge is 2.16. The minimum atomic E-state index is -0.714. The molecular formula is C18H22N2O4. The number of amides is 2. The Morgan fingerprint density at radius 2 is 1.92 bits per heavy atom. The monoisotopic (exact) mass is 330 g/mol. The lowest BCUT2D eigenvalue weighted by atomic mass is 10.1. The van der Waals surface area contributed by atoms with Crippen LogP contribution in [-0.2, 0) is 9.59 Å². The minimum Gasteiger partial charge on any atom is -0.423 e. The van der Waals surface area contributed by atoms with Gasteiger partial charge in [0.2, 0.25) is 0 Å². The molecule has 2 N–H and O–H groups in total. The van der Waals surface area contributed by atoms with Crippen molar-refractivity contribution >= 4 is 28.5 Å². The van der Waals surface area contributed by atoms with Crippen LogP contribution in [0.5, 0.6) is 0 Å². The van der Waals surface area contributed by atoms with Crippen LogP contribution in [0.25, 0.3) is 11.0 Å². The molecule has 0 saturated carbocycles. The smallest absolute Gasteiger partial charge is 0.336 e. The highest BCUT2D eigenvalue weighted by atomic mass is 16.4. The molecule has 2 rings (SSSR count). The third-order valence-corrected chi connectivity index (χ3v) is 3.70. The Morgan fingerprint density at radius 1 is 1.12 bits per heavy atom. The first kappa shape index (κ1) is 17.7. The molecule has 24 heavy (non-hydrogen) atoms. The van der Waals surface area contributed by atoms with Crippen molar-refractivity contribution in [3.63, 3.8) is 0 Å². The van der Waals surface area contributed by atoms with Crippen molar-refractivity contribution in [2.75, 3.05) is 5.32 Å². The Kier molecular flexibility index (Phi) is 6.12. The average molecular weight is 330 g/mol. The third kappa shape index (κ3) is 4.94. The topological polar surface area (TPSA) is 88.4 Å². The Labute approximate surface area is 140 Å². The second kappa shape index (κ2) is 8.29. The molecule has 0 spiro atoms. The van der Waals surface area contributed by atoms with Crippen LogP contribution in [0.2, 0.25) is 0 Å². The summed E-state index contributed by atoms with van der Waals surface area (Å²) in [7, 11) is 0. The molecule has 0 bridgehead atoms. The van der Waals surface area contributed by atoms with Gasteiger partial charge in [-0.05, 0) is 37.6 Å². The van der Waals surface area contributed by atoms with Crippen LogP contribution in [0.15, 0.2) is 39.5 Å². The lowest BCUT2D eigenvalue weighted by Crippen LogP contribution is -2.40. The van der Waals surface area contributed by atoms with E-state index in [4.69, 9.17) is 4.42 Å². The zero-order chi connectivity index (χ0) is 17.5. The van der Waals surface area contributed by atoms with Crippen molar-refractivity contribution in [1.29, 1.82) is 0 Å². The molecule has 2 amide bonds. The maximum atomic E-state index is 12.0. The molecule has 1 atom stereocenters. The summed E-state index contributed by atoms with van der Waals surface area (Å²) in [5, 5.41) is 5.91. The van der Waals surface area contributed by atoms with Gasteiger partial charge in [-0.3, -0.25) is 9.59 Å². The van der Waals surface area contributed by atoms with Gasteiger partial charge in [0.05, 0.1) is 0 Å². The number of unbranched alkanes of at least 4 members (excludes halogenated alkanes) is 2. The zero-order valence-electron chi connectivity index (χ0n) is 13.9. The maximum Gasteiger partial charge on any atom is 0.336 e. The summed E-state index contributed by atoms with van der Waals surface area (Å²) in [5.41, 5.74) is 0.459. The van der Waals surface area contributed by atoms with Gasteiger partial charge in [0.15, 0.2) is 0 Å². The molecule has 0 aliphatic rings. The number of hydrogen-bond donors (Lipinski definition) is 2. The van der Waals surface area contributed by atoms with Crippen molar-refractivity contribution in [2.45, 2.75) is 45.6 Å². The average Bonchev–Trinajstić information content (AvgIpc) is 2.55. The molecule has 0 aliphatic carbocycles. The van der Waals surface area contributed by atoms with Gasteiger partial charge in [-0.2, -0.15) is 0 Å². The van der Waals surface area contributed by atoms with Crippen molar-refractivity contribution < 1.29 is 14.0 Å². The van der Waals surface area contributed by atoms with Crippen LogP contribution in [0.3, 0.4) is 0 Å². The molecule has 0 radical (unpaired) electrons. The summed E-state index contributed by atoms with van der Waals surface area (Å²) in [5.74, 6) is -1.37. The summed E-state index contributed by atoms with van der Waals surface area (Å²) in [4.78, 5) is 35.0. The van der Waals surface area contributed by atoms with E-state index >= 15 is 0 Å². The Balaban J connectivity index is 1.94. The molecule has 1 heterocycles. The second-order valence-electron chi connectivity index (χ2n) is 5.83. The van der Waals surface area contributed by atoms with E-state index in [0.29, 0.717) is 16.7 Å². The molecule has 0 aliphatic heterocycles. The fourth-order valence-corrected chi connectivity index (χ4v) is 2.40. The quantitative estimate of drug-likeness (QED) is 0.484. The van der Waals surface area contributed by atoms with Gasteiger partial charge in [-0.1, -0.05) is 26.2 Å². The van der Waals surface area contributed by atoms with Crippen LogP contribution < -0.4 is 16.3 Å². The van der Waals surface area contributed by atoms with Gasteiger partial charge >= 0.3 is 17.4 Å². The molecule has 0 unspecified atom stereocenters. The van der Waals surface area contributed by atoms with Crippen LogP contribution in [-0.4, -0.2) is 17.9 Å². The number of fused-ring (bicyclic) bond motifs is 1. The van der Waals surface area contributed by atoms with Gasteiger partial charge in [0, 0.05) is 23.2 Å². The number of nitrogens with one attached hydrogen (secondary N) is 2. The normalized spacial score (nSPS) is 11.9. The SMILES string of the molecule is CCCCC[C@@H](C)NC(=O)C(=O)Nc1ccc2oc(=O)ccc2c1. The van der Waals surface area contributed by atoms with E-state index in [9.17, 15) is 14.4 Å². The fraction of sp³-hybridized carbons (Fsp3) is 0.389. The predicted octanol–water partition coefficient (Wildman–Crippen LogP) is 2.82. The first-order chi connectivity index (χ1) is 11.5. The molecule has 1 aromatic carbocycles. The van der Waals surface area contributed by atoms with Crippen LogP contribution in [0.1, 0.15) is 39.5 Å². The number of anilines is 1. The van der Waals surface area contributed by atoms with Crippen LogP contribution in [0.4, 0.5) is 5.69 Å². The molecule has 6 nitrogen and oxygen atoms in total. The number of carbonyl (C=O) groups is 2. The third-order valence-electron chi connectivity index (χ3n) is 3.70. The van der Waals surface area contributed by atoms with E-state index in [1.54, 1.807) is 24.3 Å². The second-order valence-corrected chi connectivity index (χ2v) is 5.83. The lowest BCUT2D eigenvalue weighted by molar-refractivity contribution is -0.136. The summed E-state index contributed by atoms with van der Waals surface area (Å²) in [6.45, 7) is 4.00. The molecule has 128 valence electrons. The van der Waals surface area contributed by atoms with E-state index in [-0.39, 0.29) is 6.04 Å². The fourth-order valence-electron chi connectivity index (χ4n) is 2.40. The molecule has 6 heteroatoms. The number of benzene rings is 1. The van der Waals surface area contributed by atoms with E-state index in [2.05, 4.69) is 17.6 Å². The number of rotatable bonds is 6. The molecule has 2 aromatic rings. The molecule has 0 saturated heterocycles. The lowest BCUT2D eigenvalue weighted by Gasteiger charge is -2.13. The minimum absolute atomic E-state index is 0.0410. The van der Waals surface area contributed by atoms with Gasteiger partial charge in [0.25, 0.3) is 0 Å². The summed E-state index contributed by atoms with van der Waals surface area (Å²) < 4.78 is 5.02. The van der Waals surface area contributed by atoms with E-state index < -0.39 is 17.4 Å². The largest absolute Gasteiger partial charge is 0.423 e. The summed E-state index contributed by atoms with van der Waals surface area (Å²) in [6, 6.07) is 7.68. The highest BCUT2D eigenvalue weighted by molar-refractivity contribution is 6.39. The van der Waals surface area contributed by atoms with E-state index in [1.165, 1.54) is 6.07 Å². The van der Waals surface area contributed by atoms with Gasteiger partial charge < -0.3 is 15.1 Å². The number of carbonyl (C=O) groups excluding carboxylic acids is 2. The Bertz CT molecular complexity index is 782. The highest BCUT2D eigenvalue weighted by Crippen LogP contribution is 2.17. The van der Waals surface area contributed by atoms with Crippen molar-refractivity contribution in [1.82, 2.24) is 5.32 Å². The Morgan fingerprint density at radius 3 is 2.67 bits per heavy atom. The Hall–Kier alpha value is -2.63. The molecule has 1 aromatic heterocycles. The summed E-state index contributed by atoms with van der Waals surface area (Å²) in [6.07, 6.45) is 4.10. The van der Waals surface area contributed by atoms with Gasteiger partial charge in [0.1, 0.15) is 5.58 Å². The van der Waals surface area contributed by atoms with Crippen molar-refractivity contribution in [2.24, 2.45) is 0 Å².